The molecule has 2 N–H and O–H groups in total. The van der Waals surface area contributed by atoms with Crippen LogP contribution in [0.25, 0.3) is 0 Å². The second-order valence-corrected chi connectivity index (χ2v) is 5.23. The van der Waals surface area contributed by atoms with E-state index in [1.165, 1.54) is 0 Å². The van der Waals surface area contributed by atoms with Crippen LogP contribution >= 0.6 is 31.9 Å². The molecule has 0 aromatic heterocycles. The first-order chi connectivity index (χ1) is 6.66. The third-order valence-electron chi connectivity index (χ3n) is 2.33. The van der Waals surface area contributed by atoms with Gasteiger partial charge in [-0.05, 0) is 56.8 Å². The van der Waals surface area contributed by atoms with Gasteiger partial charge in [0.1, 0.15) is 11.9 Å². The number of hydrogen-bond acceptors (Lipinski definition) is 2. The van der Waals surface area contributed by atoms with E-state index in [2.05, 4.69) is 31.9 Å². The third-order valence-corrected chi connectivity index (χ3v) is 3.58. The maximum Gasteiger partial charge on any atom is 0.148 e. The Morgan fingerprint density at radius 3 is 2.29 bits per heavy atom. The summed E-state index contributed by atoms with van der Waals surface area (Å²) in [5.41, 5.74) is 5.70. The summed E-state index contributed by atoms with van der Waals surface area (Å²) < 4.78 is 7.77. The van der Waals surface area contributed by atoms with Crippen molar-refractivity contribution in [3.63, 3.8) is 0 Å². The lowest BCUT2D eigenvalue weighted by Gasteiger charge is -2.33. The second kappa shape index (κ2) is 4.21. The van der Waals surface area contributed by atoms with Crippen LogP contribution in [0.4, 0.5) is 0 Å². The van der Waals surface area contributed by atoms with Gasteiger partial charge < -0.3 is 10.5 Å². The summed E-state index contributed by atoms with van der Waals surface area (Å²) in [6.45, 7) is 0. The predicted molar refractivity (Wildman–Crippen MR) is 63.5 cm³/mol. The van der Waals surface area contributed by atoms with Gasteiger partial charge in [0.15, 0.2) is 0 Å². The van der Waals surface area contributed by atoms with Gasteiger partial charge in [0, 0.05) is 6.04 Å². The fourth-order valence-corrected chi connectivity index (χ4v) is 2.65. The number of para-hydroxylation sites is 1. The summed E-state index contributed by atoms with van der Waals surface area (Å²) in [6, 6.07) is 6.23. The first kappa shape index (κ1) is 10.5. The monoisotopic (exact) mass is 319 g/mol. The zero-order chi connectivity index (χ0) is 10.1. The van der Waals surface area contributed by atoms with Crippen molar-refractivity contribution in [2.24, 2.45) is 5.73 Å². The molecular formula is C10H11Br2NO. The molecule has 76 valence electrons. The number of ether oxygens (including phenoxy) is 1. The molecule has 1 fully saturated rings. The second-order valence-electron chi connectivity index (χ2n) is 3.52. The smallest absolute Gasteiger partial charge is 0.148 e. The number of benzene rings is 1. The fourth-order valence-electron chi connectivity index (χ4n) is 1.46. The van der Waals surface area contributed by atoms with Crippen LogP contribution in [0, 0.1) is 0 Å². The Bertz CT molecular complexity index is 317. The molecule has 0 spiro atoms. The summed E-state index contributed by atoms with van der Waals surface area (Å²) in [7, 11) is 0. The lowest BCUT2D eigenvalue weighted by molar-refractivity contribution is 0.0992. The summed E-state index contributed by atoms with van der Waals surface area (Å²) in [6.07, 6.45) is 2.18. The Kier molecular flexibility index (Phi) is 3.14. The van der Waals surface area contributed by atoms with E-state index < -0.39 is 0 Å². The summed E-state index contributed by atoms with van der Waals surface area (Å²) in [4.78, 5) is 0. The van der Waals surface area contributed by atoms with Crippen LogP contribution in [-0.2, 0) is 0 Å². The van der Waals surface area contributed by atoms with Gasteiger partial charge in [0.25, 0.3) is 0 Å². The van der Waals surface area contributed by atoms with Gasteiger partial charge >= 0.3 is 0 Å². The van der Waals surface area contributed by atoms with Gasteiger partial charge in [0.05, 0.1) is 8.95 Å². The van der Waals surface area contributed by atoms with Gasteiger partial charge in [-0.2, -0.15) is 0 Å². The molecule has 1 aromatic carbocycles. The van der Waals surface area contributed by atoms with Crippen molar-refractivity contribution in [1.29, 1.82) is 0 Å². The molecule has 0 saturated heterocycles. The number of rotatable bonds is 2. The van der Waals surface area contributed by atoms with E-state index in [1.54, 1.807) is 0 Å². The SMILES string of the molecule is NC1CC(Oc2c(Br)cccc2Br)C1. The first-order valence-corrected chi connectivity index (χ1v) is 6.11. The lowest BCUT2D eigenvalue weighted by atomic mass is 9.90. The molecule has 0 bridgehead atoms. The van der Waals surface area contributed by atoms with Crippen molar-refractivity contribution in [3.8, 4) is 5.75 Å². The highest BCUT2D eigenvalue weighted by Gasteiger charge is 2.28. The van der Waals surface area contributed by atoms with E-state index >= 15 is 0 Å². The van der Waals surface area contributed by atoms with Crippen molar-refractivity contribution in [1.82, 2.24) is 0 Å². The maximum atomic E-state index is 5.81. The van der Waals surface area contributed by atoms with Crippen LogP contribution < -0.4 is 10.5 Å². The Labute approximate surface area is 100 Å². The van der Waals surface area contributed by atoms with Crippen LogP contribution in [0.15, 0.2) is 27.1 Å². The molecule has 2 nitrogen and oxygen atoms in total. The zero-order valence-corrected chi connectivity index (χ0v) is 10.7. The van der Waals surface area contributed by atoms with E-state index in [0.29, 0.717) is 6.04 Å². The average molecular weight is 321 g/mol. The Morgan fingerprint density at radius 2 is 1.79 bits per heavy atom. The molecule has 1 aromatic rings. The van der Waals surface area contributed by atoms with Crippen LogP contribution in [0.2, 0.25) is 0 Å². The largest absolute Gasteiger partial charge is 0.488 e. The Hall–Kier alpha value is -0.0600. The number of halogens is 2. The molecule has 0 amide bonds. The summed E-state index contributed by atoms with van der Waals surface area (Å²) >= 11 is 6.92. The molecule has 4 heteroatoms. The van der Waals surface area contributed by atoms with Crippen molar-refractivity contribution in [3.05, 3.63) is 27.1 Å². The molecule has 0 heterocycles. The molecule has 14 heavy (non-hydrogen) atoms. The Balaban J connectivity index is 2.09. The average Bonchev–Trinajstić information content (AvgIpc) is 2.08. The standard InChI is InChI=1S/C10H11Br2NO/c11-8-2-1-3-9(12)10(8)14-7-4-6(13)5-7/h1-3,6-7H,4-5,13H2. The number of nitrogens with two attached hydrogens (primary N) is 1. The molecule has 0 atom stereocenters. The molecule has 0 unspecified atom stereocenters. The number of hydrogen-bond donors (Lipinski definition) is 1. The van der Waals surface area contributed by atoms with Crippen molar-refractivity contribution in [2.75, 3.05) is 0 Å². The molecule has 1 aliphatic carbocycles. The highest BCUT2D eigenvalue weighted by Crippen LogP contribution is 2.36. The topological polar surface area (TPSA) is 35.2 Å². The van der Waals surface area contributed by atoms with Crippen LogP contribution in [0.5, 0.6) is 5.75 Å². The van der Waals surface area contributed by atoms with Crippen LogP contribution in [-0.4, -0.2) is 12.1 Å². The predicted octanol–water partition coefficient (Wildman–Crippen LogP) is 3.08. The highest BCUT2D eigenvalue weighted by atomic mass is 79.9. The molecule has 1 aliphatic rings. The van der Waals surface area contributed by atoms with E-state index in [1.807, 2.05) is 18.2 Å². The molecule has 2 rings (SSSR count). The minimum Gasteiger partial charge on any atom is -0.488 e. The van der Waals surface area contributed by atoms with Gasteiger partial charge in [-0.1, -0.05) is 6.07 Å². The lowest BCUT2D eigenvalue weighted by Crippen LogP contribution is -2.43. The summed E-state index contributed by atoms with van der Waals surface area (Å²) in [5, 5.41) is 0. The molecule has 1 saturated carbocycles. The quantitative estimate of drug-likeness (QED) is 0.909. The van der Waals surface area contributed by atoms with Gasteiger partial charge in [-0.15, -0.1) is 0 Å². The normalized spacial score (nSPS) is 25.6. The first-order valence-electron chi connectivity index (χ1n) is 4.53. The van der Waals surface area contributed by atoms with Gasteiger partial charge in [-0.25, -0.2) is 0 Å². The molecule has 0 aliphatic heterocycles. The minimum atomic E-state index is 0.278. The fraction of sp³-hybridized carbons (Fsp3) is 0.400. The maximum absolute atomic E-state index is 5.81. The molecular weight excluding hydrogens is 310 g/mol. The van der Waals surface area contributed by atoms with Crippen molar-refractivity contribution in [2.45, 2.75) is 25.0 Å². The highest BCUT2D eigenvalue weighted by molar-refractivity contribution is 9.11. The van der Waals surface area contributed by atoms with E-state index in [0.717, 1.165) is 27.5 Å². The van der Waals surface area contributed by atoms with Crippen molar-refractivity contribution >= 4 is 31.9 Å². The van der Waals surface area contributed by atoms with Crippen LogP contribution in [0.3, 0.4) is 0 Å². The Morgan fingerprint density at radius 1 is 1.21 bits per heavy atom. The van der Waals surface area contributed by atoms with Gasteiger partial charge in [-0.3, -0.25) is 0 Å². The van der Waals surface area contributed by atoms with Crippen molar-refractivity contribution < 1.29 is 4.74 Å². The van der Waals surface area contributed by atoms with E-state index in [9.17, 15) is 0 Å². The van der Waals surface area contributed by atoms with Crippen LogP contribution in [0.1, 0.15) is 12.8 Å². The third kappa shape index (κ3) is 2.12. The van der Waals surface area contributed by atoms with E-state index in [-0.39, 0.29) is 6.10 Å². The summed E-state index contributed by atoms with van der Waals surface area (Å²) in [5.74, 6) is 0.879. The minimum absolute atomic E-state index is 0.278. The van der Waals surface area contributed by atoms with Gasteiger partial charge in [0.2, 0.25) is 0 Å². The molecule has 0 radical (unpaired) electrons. The zero-order valence-electron chi connectivity index (χ0n) is 7.54. The van der Waals surface area contributed by atoms with E-state index in [4.69, 9.17) is 10.5 Å².